The van der Waals surface area contributed by atoms with Crippen molar-refractivity contribution in [1.82, 2.24) is 19.7 Å². The van der Waals surface area contributed by atoms with E-state index in [0.717, 1.165) is 38.5 Å². The van der Waals surface area contributed by atoms with E-state index in [2.05, 4.69) is 50.8 Å². The SMILES string of the molecule is CCCCn1ccc(N2CCN(C)CC2)c2cnnc1-2. The summed E-state index contributed by atoms with van der Waals surface area (Å²) in [5.41, 5.74) is 2.47. The number of pyridine rings is 1. The van der Waals surface area contributed by atoms with Gasteiger partial charge in [0.2, 0.25) is 0 Å². The van der Waals surface area contributed by atoms with Crippen LogP contribution in [0.5, 0.6) is 0 Å². The number of hydrogen-bond donors (Lipinski definition) is 0. The molecule has 0 unspecified atom stereocenters. The second kappa shape index (κ2) is 5.79. The quantitative estimate of drug-likeness (QED) is 0.853. The molecule has 5 nitrogen and oxygen atoms in total. The van der Waals surface area contributed by atoms with Gasteiger partial charge in [-0.3, -0.25) is 0 Å². The summed E-state index contributed by atoms with van der Waals surface area (Å²) in [7, 11) is 2.18. The van der Waals surface area contributed by atoms with Crippen molar-refractivity contribution in [3.05, 3.63) is 18.5 Å². The molecule has 0 bridgehead atoms. The fourth-order valence-electron chi connectivity index (χ4n) is 2.80. The fourth-order valence-corrected chi connectivity index (χ4v) is 2.80. The maximum Gasteiger partial charge on any atom is 0.166 e. The first-order chi connectivity index (χ1) is 9.79. The lowest BCUT2D eigenvalue weighted by Crippen LogP contribution is -2.44. The fraction of sp³-hybridized carbons (Fsp3) is 0.600. The van der Waals surface area contributed by atoms with Crippen LogP contribution in [0.15, 0.2) is 18.5 Å². The first kappa shape index (κ1) is 13.4. The van der Waals surface area contributed by atoms with Gasteiger partial charge in [-0.1, -0.05) is 13.3 Å². The molecule has 0 aromatic rings. The maximum absolute atomic E-state index is 4.32. The summed E-state index contributed by atoms with van der Waals surface area (Å²) >= 11 is 0. The summed E-state index contributed by atoms with van der Waals surface area (Å²) in [6, 6.07) is 2.23. The molecule has 0 spiro atoms. The monoisotopic (exact) mass is 273 g/mol. The van der Waals surface area contributed by atoms with Crippen LogP contribution in [-0.4, -0.2) is 52.9 Å². The van der Waals surface area contributed by atoms with E-state index in [9.17, 15) is 0 Å². The van der Waals surface area contributed by atoms with Gasteiger partial charge in [0.05, 0.1) is 17.4 Å². The molecule has 3 aliphatic heterocycles. The smallest absolute Gasteiger partial charge is 0.166 e. The van der Waals surface area contributed by atoms with Crippen molar-refractivity contribution in [3.8, 4) is 11.4 Å². The molecule has 1 fully saturated rings. The summed E-state index contributed by atoms with van der Waals surface area (Å²) < 4.78 is 2.23. The summed E-state index contributed by atoms with van der Waals surface area (Å²) in [5.74, 6) is 1.02. The first-order valence-corrected chi connectivity index (χ1v) is 7.53. The Labute approximate surface area is 120 Å². The normalized spacial score (nSPS) is 17.0. The minimum atomic E-state index is 1.02. The molecule has 0 saturated carbocycles. The van der Waals surface area contributed by atoms with Gasteiger partial charge in [-0.2, -0.15) is 5.10 Å². The van der Waals surface area contributed by atoms with E-state index in [-0.39, 0.29) is 0 Å². The minimum Gasteiger partial charge on any atom is -0.368 e. The van der Waals surface area contributed by atoms with Crippen molar-refractivity contribution in [2.45, 2.75) is 26.3 Å². The van der Waals surface area contributed by atoms with Crippen molar-refractivity contribution in [2.24, 2.45) is 0 Å². The highest BCUT2D eigenvalue weighted by Crippen LogP contribution is 2.31. The van der Waals surface area contributed by atoms with E-state index in [1.54, 1.807) is 0 Å². The van der Waals surface area contributed by atoms with Crippen molar-refractivity contribution in [1.29, 1.82) is 0 Å². The van der Waals surface area contributed by atoms with Gasteiger partial charge < -0.3 is 14.4 Å². The molecule has 0 radical (unpaired) electrons. The van der Waals surface area contributed by atoms with Crippen LogP contribution in [0.1, 0.15) is 19.8 Å². The number of likely N-dealkylation sites (N-methyl/N-ethyl adjacent to an activating group) is 1. The molecular weight excluding hydrogens is 250 g/mol. The van der Waals surface area contributed by atoms with E-state index in [0.29, 0.717) is 0 Å². The van der Waals surface area contributed by atoms with Gasteiger partial charge in [-0.15, -0.1) is 5.10 Å². The van der Waals surface area contributed by atoms with Gasteiger partial charge in [-0.25, -0.2) is 0 Å². The molecule has 0 aromatic carbocycles. The molecule has 0 atom stereocenters. The third-order valence-electron chi connectivity index (χ3n) is 4.14. The maximum atomic E-state index is 4.32. The van der Waals surface area contributed by atoms with Crippen LogP contribution in [0, 0.1) is 0 Å². The Bertz CT molecular complexity index is 527. The highest BCUT2D eigenvalue weighted by molar-refractivity contribution is 5.75. The van der Waals surface area contributed by atoms with Crippen LogP contribution in [0.25, 0.3) is 11.4 Å². The van der Waals surface area contributed by atoms with Crippen LogP contribution >= 0.6 is 0 Å². The molecule has 0 aliphatic carbocycles. The topological polar surface area (TPSA) is 37.2 Å². The van der Waals surface area contributed by atoms with E-state index >= 15 is 0 Å². The lowest BCUT2D eigenvalue weighted by molar-refractivity contribution is 0.313. The Morgan fingerprint density at radius 3 is 2.75 bits per heavy atom. The van der Waals surface area contributed by atoms with Crippen molar-refractivity contribution < 1.29 is 0 Å². The van der Waals surface area contributed by atoms with Crippen LogP contribution in [0.3, 0.4) is 0 Å². The first-order valence-electron chi connectivity index (χ1n) is 7.53. The standard InChI is InChI=1S/C15H23N5/c1-3-4-6-20-7-5-14(13-12-16-17-15(13)20)19-10-8-18(2)9-11-19/h5,7,12H,3-4,6,8-11H2,1-2H3. The average molecular weight is 273 g/mol. The second-order valence-corrected chi connectivity index (χ2v) is 5.62. The Balaban J connectivity index is 1.87. The van der Waals surface area contributed by atoms with Crippen molar-refractivity contribution in [2.75, 3.05) is 38.1 Å². The summed E-state index contributed by atoms with van der Waals surface area (Å²) in [6.45, 7) is 7.63. The number of aromatic nitrogens is 3. The van der Waals surface area contributed by atoms with Gasteiger partial charge in [0.25, 0.3) is 0 Å². The lowest BCUT2D eigenvalue weighted by Gasteiger charge is -2.35. The van der Waals surface area contributed by atoms with Crippen LogP contribution in [0.2, 0.25) is 0 Å². The second-order valence-electron chi connectivity index (χ2n) is 5.62. The largest absolute Gasteiger partial charge is 0.368 e. The van der Waals surface area contributed by atoms with Gasteiger partial charge in [0.1, 0.15) is 0 Å². The van der Waals surface area contributed by atoms with E-state index in [4.69, 9.17) is 0 Å². The molecule has 3 aliphatic rings. The number of hydrogen-bond acceptors (Lipinski definition) is 4. The Morgan fingerprint density at radius 2 is 2.00 bits per heavy atom. The number of aryl methyl sites for hydroxylation is 1. The number of rotatable bonds is 4. The van der Waals surface area contributed by atoms with Gasteiger partial charge >= 0.3 is 0 Å². The van der Waals surface area contributed by atoms with Crippen molar-refractivity contribution >= 4 is 5.69 Å². The zero-order valence-electron chi connectivity index (χ0n) is 12.4. The lowest BCUT2D eigenvalue weighted by atomic mass is 10.1. The summed E-state index contributed by atoms with van der Waals surface area (Å²) in [5, 5.41) is 8.45. The molecule has 0 aromatic heterocycles. The molecule has 0 amide bonds. The molecule has 3 rings (SSSR count). The minimum absolute atomic E-state index is 1.02. The number of anilines is 1. The van der Waals surface area contributed by atoms with Crippen LogP contribution < -0.4 is 4.90 Å². The number of unbranched alkanes of at least 4 members (excludes halogenated alkanes) is 1. The molecular formula is C15H23N5. The molecule has 0 N–H and O–H groups in total. The van der Waals surface area contributed by atoms with Crippen molar-refractivity contribution in [3.63, 3.8) is 0 Å². The van der Waals surface area contributed by atoms with Gasteiger partial charge in [0, 0.05) is 38.9 Å². The predicted molar refractivity (Wildman–Crippen MR) is 81.3 cm³/mol. The highest BCUT2D eigenvalue weighted by Gasteiger charge is 2.21. The number of piperazine rings is 1. The molecule has 5 heteroatoms. The zero-order chi connectivity index (χ0) is 13.9. The summed E-state index contributed by atoms with van der Waals surface area (Å²) in [4.78, 5) is 4.83. The van der Waals surface area contributed by atoms with Crippen LogP contribution in [-0.2, 0) is 6.54 Å². The van der Waals surface area contributed by atoms with E-state index in [1.165, 1.54) is 24.1 Å². The Morgan fingerprint density at radius 1 is 1.20 bits per heavy atom. The van der Waals surface area contributed by atoms with E-state index < -0.39 is 0 Å². The molecule has 20 heavy (non-hydrogen) atoms. The molecule has 1 saturated heterocycles. The Hall–Kier alpha value is -1.62. The number of nitrogens with zero attached hydrogens (tertiary/aromatic N) is 5. The highest BCUT2D eigenvalue weighted by atomic mass is 15.3. The Kier molecular flexibility index (Phi) is 3.87. The van der Waals surface area contributed by atoms with E-state index in [1.807, 2.05) is 6.20 Å². The predicted octanol–water partition coefficient (Wildman–Crippen LogP) is 1.93. The van der Waals surface area contributed by atoms with Crippen LogP contribution in [0.4, 0.5) is 5.69 Å². The third-order valence-corrected chi connectivity index (χ3v) is 4.14. The molecule has 108 valence electrons. The molecule has 3 heterocycles. The van der Waals surface area contributed by atoms with Gasteiger partial charge in [0.15, 0.2) is 5.82 Å². The van der Waals surface area contributed by atoms with Gasteiger partial charge in [-0.05, 0) is 19.5 Å². The third kappa shape index (κ3) is 2.50. The zero-order valence-corrected chi connectivity index (χ0v) is 12.4. The summed E-state index contributed by atoms with van der Waals surface area (Å²) in [6.07, 6.45) is 6.45. The number of fused-ring (bicyclic) bond motifs is 1. The average Bonchev–Trinajstić information content (AvgIpc) is 2.95.